The second-order valence-corrected chi connectivity index (χ2v) is 8.32. The van der Waals surface area contributed by atoms with Gasteiger partial charge in [-0.25, -0.2) is 8.42 Å². The molecule has 168 valence electrons. The van der Waals surface area contributed by atoms with E-state index in [0.717, 1.165) is 7.11 Å². The Labute approximate surface area is 164 Å². The highest BCUT2D eigenvalue weighted by atomic mass is 32.2. The van der Waals surface area contributed by atoms with Gasteiger partial charge in [-0.15, -0.1) is 0 Å². The van der Waals surface area contributed by atoms with Crippen LogP contribution in [0.25, 0.3) is 5.57 Å². The average Bonchev–Trinajstić information content (AvgIpc) is 2.56. The van der Waals surface area contributed by atoms with E-state index in [9.17, 15) is 47.9 Å². The summed E-state index contributed by atoms with van der Waals surface area (Å²) >= 11 is 0. The molecule has 0 bridgehead atoms. The highest BCUT2D eigenvalue weighted by molar-refractivity contribution is 7.90. The molecule has 1 aliphatic carbocycles. The monoisotopic (exact) mass is 468 g/mol. The fourth-order valence-corrected chi connectivity index (χ4v) is 3.99. The Morgan fingerprint density at radius 2 is 1.43 bits per heavy atom. The lowest BCUT2D eigenvalue weighted by Crippen LogP contribution is -2.26. The first-order valence-electron chi connectivity index (χ1n) is 7.95. The zero-order chi connectivity index (χ0) is 23.3. The second kappa shape index (κ2) is 7.50. The van der Waals surface area contributed by atoms with Crippen LogP contribution in [-0.4, -0.2) is 34.1 Å². The van der Waals surface area contributed by atoms with Crippen LogP contribution in [0.5, 0.6) is 0 Å². The van der Waals surface area contributed by atoms with Crippen LogP contribution in [0.4, 0.5) is 39.5 Å². The molecule has 1 aromatic carbocycles. The number of halogens is 9. The van der Waals surface area contributed by atoms with Gasteiger partial charge in [0.1, 0.15) is 11.3 Å². The van der Waals surface area contributed by atoms with Crippen molar-refractivity contribution >= 4 is 15.4 Å². The van der Waals surface area contributed by atoms with E-state index in [2.05, 4.69) is 4.74 Å². The van der Waals surface area contributed by atoms with Crippen LogP contribution >= 0.6 is 0 Å². The number of hydrogen-bond acceptors (Lipinski definition) is 3. The number of benzene rings is 1. The minimum atomic E-state index is -5.41. The van der Waals surface area contributed by atoms with Gasteiger partial charge in [0, 0.05) is 29.4 Å². The van der Waals surface area contributed by atoms with E-state index in [1.165, 1.54) is 0 Å². The second-order valence-electron chi connectivity index (χ2n) is 6.33. The fraction of sp³-hybridized carbons (Fsp3) is 0.412. The van der Waals surface area contributed by atoms with Crippen molar-refractivity contribution in [1.29, 1.82) is 0 Å². The molecule has 0 spiro atoms. The van der Waals surface area contributed by atoms with Gasteiger partial charge in [-0.05, 0) is 18.6 Å². The minimum Gasteiger partial charge on any atom is -0.500 e. The summed E-state index contributed by atoms with van der Waals surface area (Å²) in [5.41, 5.74) is -7.83. The molecule has 2 rings (SSSR count). The molecular formula is C17H13F9O3S. The van der Waals surface area contributed by atoms with E-state index in [4.69, 9.17) is 0 Å². The van der Waals surface area contributed by atoms with Gasteiger partial charge >= 0.3 is 18.5 Å². The smallest absolute Gasteiger partial charge is 0.420 e. The van der Waals surface area contributed by atoms with Crippen LogP contribution in [0.3, 0.4) is 0 Å². The Bertz CT molecular complexity index is 1010. The van der Waals surface area contributed by atoms with Gasteiger partial charge in [-0.2, -0.15) is 39.5 Å². The van der Waals surface area contributed by atoms with Gasteiger partial charge in [-0.3, -0.25) is 0 Å². The van der Waals surface area contributed by atoms with Crippen molar-refractivity contribution < 1.29 is 52.7 Å². The van der Waals surface area contributed by atoms with E-state index < -0.39 is 79.7 Å². The topological polar surface area (TPSA) is 43.4 Å². The van der Waals surface area contributed by atoms with E-state index in [1.54, 1.807) is 0 Å². The van der Waals surface area contributed by atoms with Crippen LogP contribution in [0.1, 0.15) is 24.0 Å². The van der Waals surface area contributed by atoms with Crippen LogP contribution in [-0.2, 0) is 20.8 Å². The number of methoxy groups -OCH3 is 1. The third kappa shape index (κ3) is 4.76. The maximum absolute atomic E-state index is 13.7. The predicted octanol–water partition coefficient (Wildman–Crippen LogP) is 5.68. The molecule has 3 nitrogen and oxygen atoms in total. The minimum absolute atomic E-state index is 0.0146. The van der Waals surface area contributed by atoms with Gasteiger partial charge in [0.15, 0.2) is 9.84 Å². The van der Waals surface area contributed by atoms with Crippen LogP contribution in [0.15, 0.2) is 40.0 Å². The van der Waals surface area contributed by atoms with E-state index >= 15 is 0 Å². The van der Waals surface area contributed by atoms with Gasteiger partial charge < -0.3 is 4.74 Å². The molecule has 13 heteroatoms. The fourth-order valence-electron chi connectivity index (χ4n) is 3.08. The summed E-state index contributed by atoms with van der Waals surface area (Å²) in [6.07, 6.45) is -17.2. The molecule has 0 saturated heterocycles. The average molecular weight is 468 g/mol. The van der Waals surface area contributed by atoms with Crippen molar-refractivity contribution in [3.8, 4) is 0 Å². The van der Waals surface area contributed by atoms with E-state index in [-0.39, 0.29) is 12.1 Å². The highest BCUT2D eigenvalue weighted by Gasteiger charge is 2.49. The first-order valence-corrected chi connectivity index (χ1v) is 9.85. The maximum Gasteiger partial charge on any atom is 0.420 e. The summed E-state index contributed by atoms with van der Waals surface area (Å²) in [5, 5.41) is 0. The standard InChI is InChI=1S/C17H13F9O3S/c1-29-11-6-5-10(16(21,22)23)13(14(11)17(24,25)26)9-4-3-8(15(18,19)20)7-12(9)30(2,27)28/h3-4,7H,5-6H2,1-2H3. The summed E-state index contributed by atoms with van der Waals surface area (Å²) in [4.78, 5) is -1.31. The SMILES string of the molecule is COC1=C(C(F)(F)F)C(c2ccc(C(F)(F)F)cc2S(C)(=O)=O)=C(C(F)(F)F)CC1. The first kappa shape index (κ1) is 24.1. The summed E-state index contributed by atoms with van der Waals surface area (Å²) < 4.78 is 149. The number of allylic oxidation sites excluding steroid dienone is 4. The highest BCUT2D eigenvalue weighted by Crippen LogP contribution is 2.51. The van der Waals surface area contributed by atoms with Gasteiger partial charge in [0.05, 0.1) is 17.6 Å². The van der Waals surface area contributed by atoms with Gasteiger partial charge in [0.2, 0.25) is 0 Å². The summed E-state index contributed by atoms with van der Waals surface area (Å²) in [6, 6.07) is 0.533. The number of ether oxygens (including phenoxy) is 1. The van der Waals surface area contributed by atoms with Crippen molar-refractivity contribution in [2.45, 2.75) is 36.3 Å². The molecular weight excluding hydrogens is 455 g/mol. The van der Waals surface area contributed by atoms with Crippen molar-refractivity contribution in [3.63, 3.8) is 0 Å². The number of hydrogen-bond donors (Lipinski definition) is 0. The quantitative estimate of drug-likeness (QED) is 0.536. The molecule has 0 radical (unpaired) electrons. The van der Waals surface area contributed by atoms with Crippen LogP contribution in [0, 0.1) is 0 Å². The number of sulfone groups is 1. The molecule has 1 aromatic rings. The number of rotatable bonds is 3. The Morgan fingerprint density at radius 3 is 1.83 bits per heavy atom. The molecule has 30 heavy (non-hydrogen) atoms. The molecule has 0 unspecified atom stereocenters. The summed E-state index contributed by atoms with van der Waals surface area (Å²) in [7, 11) is -3.87. The molecule has 0 fully saturated rings. The van der Waals surface area contributed by atoms with Crippen molar-refractivity contribution in [2.24, 2.45) is 0 Å². The predicted molar refractivity (Wildman–Crippen MR) is 86.9 cm³/mol. The van der Waals surface area contributed by atoms with Crippen molar-refractivity contribution in [2.75, 3.05) is 13.4 Å². The van der Waals surface area contributed by atoms with Crippen LogP contribution < -0.4 is 0 Å². The molecule has 0 amide bonds. The molecule has 0 N–H and O–H groups in total. The lowest BCUT2D eigenvalue weighted by atomic mass is 9.84. The summed E-state index contributed by atoms with van der Waals surface area (Å²) in [5.74, 6) is -0.884. The Morgan fingerprint density at radius 1 is 0.867 bits per heavy atom. The van der Waals surface area contributed by atoms with E-state index in [1.807, 2.05) is 0 Å². The van der Waals surface area contributed by atoms with Crippen LogP contribution in [0.2, 0.25) is 0 Å². The lowest BCUT2D eigenvalue weighted by molar-refractivity contribution is -0.137. The Hall–Kier alpha value is -2.18. The molecule has 0 saturated carbocycles. The summed E-state index contributed by atoms with van der Waals surface area (Å²) in [6.45, 7) is 0. The van der Waals surface area contributed by atoms with Gasteiger partial charge in [-0.1, -0.05) is 6.07 Å². The normalized spacial score (nSPS) is 16.9. The first-order chi connectivity index (χ1) is 13.4. The number of alkyl halides is 9. The molecule has 0 atom stereocenters. The van der Waals surface area contributed by atoms with Gasteiger partial charge in [0.25, 0.3) is 0 Å². The van der Waals surface area contributed by atoms with E-state index in [0.29, 0.717) is 12.3 Å². The molecule has 0 aromatic heterocycles. The molecule has 0 aliphatic heterocycles. The van der Waals surface area contributed by atoms with Crippen molar-refractivity contribution in [3.05, 3.63) is 46.2 Å². The zero-order valence-corrected chi connectivity index (χ0v) is 16.0. The molecule has 0 heterocycles. The Balaban J connectivity index is 3.05. The third-order valence-electron chi connectivity index (χ3n) is 4.28. The zero-order valence-electron chi connectivity index (χ0n) is 15.2. The largest absolute Gasteiger partial charge is 0.500 e. The Kier molecular flexibility index (Phi) is 6.02. The maximum atomic E-state index is 13.7. The molecule has 1 aliphatic rings. The van der Waals surface area contributed by atoms with Crippen molar-refractivity contribution in [1.82, 2.24) is 0 Å². The third-order valence-corrected chi connectivity index (χ3v) is 5.42. The lowest BCUT2D eigenvalue weighted by Gasteiger charge is -2.29.